The largest absolute Gasteiger partial charge is 0.416 e. The molecule has 2 rings (SSSR count). The van der Waals surface area contributed by atoms with Gasteiger partial charge < -0.3 is 19.0 Å². The van der Waals surface area contributed by atoms with Crippen molar-refractivity contribution in [1.29, 1.82) is 0 Å². The predicted molar refractivity (Wildman–Crippen MR) is 132 cm³/mol. The second-order valence-corrected chi connectivity index (χ2v) is 16.4. The van der Waals surface area contributed by atoms with E-state index in [0.29, 0.717) is 32.2 Å². The summed E-state index contributed by atoms with van der Waals surface area (Å²) < 4.78 is 18.7. The van der Waals surface area contributed by atoms with E-state index in [9.17, 15) is 5.11 Å². The first-order chi connectivity index (χ1) is 14.2. The van der Waals surface area contributed by atoms with Gasteiger partial charge in [-0.15, -0.1) is 0 Å². The Morgan fingerprint density at radius 2 is 1.84 bits per heavy atom. The van der Waals surface area contributed by atoms with Gasteiger partial charge in [0.2, 0.25) is 0 Å². The molecule has 4 nitrogen and oxygen atoms in total. The van der Waals surface area contributed by atoms with Crippen molar-refractivity contribution in [2.24, 2.45) is 11.8 Å². The average molecular weight is 453 g/mol. The van der Waals surface area contributed by atoms with Crippen LogP contribution in [0.5, 0.6) is 0 Å². The molecule has 0 radical (unpaired) electrons. The van der Waals surface area contributed by atoms with Crippen LogP contribution in [0.2, 0.25) is 18.1 Å². The van der Waals surface area contributed by atoms with Crippen LogP contribution in [-0.4, -0.2) is 44.6 Å². The molecule has 180 valence electrons. The summed E-state index contributed by atoms with van der Waals surface area (Å²) in [5.41, 5.74) is 2.54. The minimum absolute atomic E-state index is 0.191. The van der Waals surface area contributed by atoms with E-state index < -0.39 is 19.7 Å². The monoisotopic (exact) mass is 452 g/mol. The van der Waals surface area contributed by atoms with Crippen molar-refractivity contribution >= 4 is 8.32 Å². The molecule has 0 aromatic heterocycles. The third-order valence-corrected chi connectivity index (χ3v) is 12.5. The quantitative estimate of drug-likeness (QED) is 0.364. The van der Waals surface area contributed by atoms with Crippen molar-refractivity contribution < 1.29 is 19.0 Å². The van der Waals surface area contributed by atoms with E-state index in [1.807, 2.05) is 0 Å². The Morgan fingerprint density at radius 3 is 2.35 bits per heavy atom. The number of hydrogen-bond donors (Lipinski definition) is 1. The van der Waals surface area contributed by atoms with Crippen LogP contribution < -0.4 is 0 Å². The normalized spacial score (nSPS) is 30.4. The molecule has 0 bridgehead atoms. The van der Waals surface area contributed by atoms with Gasteiger partial charge in [-0.3, -0.25) is 0 Å². The van der Waals surface area contributed by atoms with Gasteiger partial charge in [0.15, 0.2) is 14.1 Å². The molecule has 0 aromatic rings. The molecule has 2 fully saturated rings. The Balaban J connectivity index is 2.35. The van der Waals surface area contributed by atoms with Gasteiger partial charge in [-0.2, -0.15) is 0 Å². The maximum atomic E-state index is 12.2. The van der Waals surface area contributed by atoms with Crippen molar-refractivity contribution in [3.8, 4) is 0 Å². The Hall–Kier alpha value is -0.463. The van der Waals surface area contributed by atoms with Gasteiger partial charge in [0, 0.05) is 19.4 Å². The summed E-state index contributed by atoms with van der Waals surface area (Å²) in [6.07, 6.45) is 5.29. The zero-order valence-electron chi connectivity index (χ0n) is 21.9. The number of ether oxygens (including phenoxy) is 2. The van der Waals surface area contributed by atoms with Crippen LogP contribution in [0.1, 0.15) is 81.1 Å². The van der Waals surface area contributed by atoms with Gasteiger partial charge in [0.25, 0.3) is 0 Å². The third-order valence-electron chi connectivity index (χ3n) is 8.00. The fraction of sp³-hybridized carbons (Fsp3) is 0.846. The lowest BCUT2D eigenvalue weighted by atomic mass is 9.78. The van der Waals surface area contributed by atoms with Gasteiger partial charge in [-0.05, 0) is 68.3 Å². The highest BCUT2D eigenvalue weighted by Crippen LogP contribution is 2.47. The summed E-state index contributed by atoms with van der Waals surface area (Å²) in [6, 6.07) is 0. The van der Waals surface area contributed by atoms with Crippen LogP contribution in [0, 0.1) is 11.8 Å². The molecule has 3 atom stereocenters. The highest BCUT2D eigenvalue weighted by Gasteiger charge is 2.49. The number of allylic oxidation sites excluding steroid dienone is 1. The standard InChI is InChI=1S/C26H48O4Si/c1-11-19(2)23-20(3)12-13-26(28-14-15-29-26)18-25(23,27)16-21(4)22(5)17-30-31(9,10)24(6,7)8/h16,20,22,27H,11-15,17-18H2,1-10H3/b21-16+,23-19+/t20-,22?,25+/m1/s1. The molecule has 1 aliphatic carbocycles. The molecule has 5 heteroatoms. The Bertz CT molecular complexity index is 682. The van der Waals surface area contributed by atoms with E-state index in [0.717, 1.165) is 24.8 Å². The van der Waals surface area contributed by atoms with Gasteiger partial charge in [-0.1, -0.05) is 52.7 Å². The second kappa shape index (κ2) is 9.80. The molecule has 31 heavy (non-hydrogen) atoms. The van der Waals surface area contributed by atoms with Crippen molar-refractivity contribution in [3.63, 3.8) is 0 Å². The summed E-state index contributed by atoms with van der Waals surface area (Å²) in [7, 11) is -1.81. The van der Waals surface area contributed by atoms with Crippen molar-refractivity contribution in [2.75, 3.05) is 19.8 Å². The van der Waals surface area contributed by atoms with E-state index in [1.54, 1.807) is 0 Å². The molecule has 0 aromatic carbocycles. The molecule has 1 spiro atoms. The lowest BCUT2D eigenvalue weighted by Crippen LogP contribution is -2.42. The topological polar surface area (TPSA) is 47.9 Å². The lowest BCUT2D eigenvalue weighted by Gasteiger charge is -2.38. The van der Waals surface area contributed by atoms with E-state index in [1.165, 1.54) is 11.1 Å². The van der Waals surface area contributed by atoms with E-state index in [2.05, 4.69) is 74.6 Å². The molecule has 1 aliphatic heterocycles. The summed E-state index contributed by atoms with van der Waals surface area (Å²) in [5.74, 6) is -0.141. The van der Waals surface area contributed by atoms with Crippen molar-refractivity contribution in [3.05, 3.63) is 22.8 Å². The molecule has 1 saturated carbocycles. The van der Waals surface area contributed by atoms with Crippen LogP contribution in [0.3, 0.4) is 0 Å². The van der Waals surface area contributed by atoms with Gasteiger partial charge in [-0.25, -0.2) is 0 Å². The maximum absolute atomic E-state index is 12.2. The first-order valence-electron chi connectivity index (χ1n) is 12.2. The average Bonchev–Trinajstić information content (AvgIpc) is 3.07. The number of hydrogen-bond acceptors (Lipinski definition) is 4. The Kier molecular flexibility index (Phi) is 8.47. The number of aliphatic hydroxyl groups is 1. The third kappa shape index (κ3) is 6.11. The highest BCUT2D eigenvalue weighted by atomic mass is 28.4. The lowest BCUT2D eigenvalue weighted by molar-refractivity contribution is -0.183. The van der Waals surface area contributed by atoms with Crippen LogP contribution in [0.25, 0.3) is 0 Å². The van der Waals surface area contributed by atoms with E-state index in [4.69, 9.17) is 13.9 Å². The van der Waals surface area contributed by atoms with Gasteiger partial charge >= 0.3 is 0 Å². The van der Waals surface area contributed by atoms with Crippen LogP contribution in [0.15, 0.2) is 22.8 Å². The molecular formula is C26H48O4Si. The molecule has 1 unspecified atom stereocenters. The van der Waals surface area contributed by atoms with E-state index >= 15 is 0 Å². The Labute approximate surface area is 192 Å². The van der Waals surface area contributed by atoms with E-state index in [-0.39, 0.29) is 11.0 Å². The summed E-state index contributed by atoms with van der Waals surface area (Å²) in [4.78, 5) is 0. The minimum Gasteiger partial charge on any atom is -0.416 e. The van der Waals surface area contributed by atoms with Gasteiger partial charge in [0.1, 0.15) is 5.60 Å². The zero-order valence-corrected chi connectivity index (χ0v) is 22.9. The maximum Gasteiger partial charge on any atom is 0.192 e. The molecular weight excluding hydrogens is 404 g/mol. The highest BCUT2D eigenvalue weighted by molar-refractivity contribution is 6.74. The summed E-state index contributed by atoms with van der Waals surface area (Å²) in [5, 5.41) is 12.4. The summed E-state index contributed by atoms with van der Waals surface area (Å²) >= 11 is 0. The molecule has 0 amide bonds. The van der Waals surface area contributed by atoms with Gasteiger partial charge in [0.05, 0.1) is 13.2 Å². The first kappa shape index (κ1) is 26.8. The molecule has 1 heterocycles. The minimum atomic E-state index is -1.81. The van der Waals surface area contributed by atoms with Crippen molar-refractivity contribution in [2.45, 2.75) is 111 Å². The van der Waals surface area contributed by atoms with Crippen LogP contribution in [-0.2, 0) is 13.9 Å². The second-order valence-electron chi connectivity index (χ2n) is 11.6. The predicted octanol–water partition coefficient (Wildman–Crippen LogP) is 6.61. The fourth-order valence-corrected chi connectivity index (χ4v) is 5.75. The van der Waals surface area contributed by atoms with Crippen molar-refractivity contribution in [1.82, 2.24) is 0 Å². The fourth-order valence-electron chi connectivity index (χ4n) is 4.65. The smallest absolute Gasteiger partial charge is 0.192 e. The molecule has 2 aliphatic rings. The summed E-state index contributed by atoms with van der Waals surface area (Å²) in [6.45, 7) is 24.2. The SMILES string of the molecule is CC/C(C)=C1\[C@H](C)CCC2(C[C@@]1(O)/C=C(\C)C(C)CO[Si](C)(C)C(C)(C)C)OCCO2. The Morgan fingerprint density at radius 1 is 1.26 bits per heavy atom. The van der Waals surface area contributed by atoms with Crippen LogP contribution >= 0.6 is 0 Å². The molecule has 1 N–H and O–H groups in total. The zero-order chi connectivity index (χ0) is 23.7. The molecule has 1 saturated heterocycles. The first-order valence-corrected chi connectivity index (χ1v) is 15.1. The number of rotatable bonds is 6. The van der Waals surface area contributed by atoms with Crippen LogP contribution in [0.4, 0.5) is 0 Å².